The minimum Gasteiger partial charge on any atom is -0.374 e. The maximum absolute atomic E-state index is 6.84. The second-order valence-corrected chi connectivity index (χ2v) is 14.3. The van der Waals surface area contributed by atoms with Gasteiger partial charge in [0.2, 0.25) is 0 Å². The van der Waals surface area contributed by atoms with Crippen LogP contribution >= 0.6 is 0 Å². The lowest BCUT2D eigenvalue weighted by atomic mass is 9.97. The quantitative estimate of drug-likeness (QED) is 0.106. The number of ether oxygens (including phenoxy) is 8. The Morgan fingerprint density at radius 3 is 1.57 bits per heavy atom. The van der Waals surface area contributed by atoms with E-state index in [0.717, 1.165) is 35.1 Å². The van der Waals surface area contributed by atoms with Crippen molar-refractivity contribution in [2.24, 2.45) is 5.73 Å². The number of hydrogen-bond acceptors (Lipinski definition) is 9. The van der Waals surface area contributed by atoms with E-state index in [1.54, 1.807) is 0 Å². The molecule has 2 N–H and O–H groups in total. The summed E-state index contributed by atoms with van der Waals surface area (Å²) in [5, 5.41) is 0. The SMILES string of the molecule is CCC[C@H]1OC(C)(C)O[C@H]1[C@@H](N)COC1OC(COCc2ccccc2)C(OCc2ccccc2)C(OCc2ccccc2)C1OCc1ccccc1. The van der Waals surface area contributed by atoms with Gasteiger partial charge in [0.1, 0.15) is 30.5 Å². The highest BCUT2D eigenvalue weighted by Crippen LogP contribution is 2.34. The summed E-state index contributed by atoms with van der Waals surface area (Å²) in [4.78, 5) is 0. The zero-order chi connectivity index (χ0) is 36.9. The van der Waals surface area contributed by atoms with E-state index in [1.807, 2.05) is 135 Å². The molecule has 4 aromatic carbocycles. The van der Waals surface area contributed by atoms with Crippen molar-refractivity contribution >= 4 is 0 Å². The van der Waals surface area contributed by atoms with Gasteiger partial charge >= 0.3 is 0 Å². The molecule has 0 saturated carbocycles. The summed E-state index contributed by atoms with van der Waals surface area (Å²) in [6.07, 6.45) is -1.94. The molecule has 9 nitrogen and oxygen atoms in total. The maximum Gasteiger partial charge on any atom is 0.187 e. The summed E-state index contributed by atoms with van der Waals surface area (Å²) < 4.78 is 52.7. The highest BCUT2D eigenvalue weighted by Gasteiger charge is 2.50. The monoisotopic (exact) mass is 725 g/mol. The Hall–Kier alpha value is -3.48. The third-order valence-electron chi connectivity index (χ3n) is 9.51. The zero-order valence-electron chi connectivity index (χ0n) is 31.2. The van der Waals surface area contributed by atoms with Crippen LogP contribution in [-0.4, -0.2) is 68.0 Å². The normalized spacial score (nSPS) is 26.0. The minimum absolute atomic E-state index is 0.136. The number of benzene rings is 4. The largest absolute Gasteiger partial charge is 0.374 e. The van der Waals surface area contributed by atoms with Crippen LogP contribution in [-0.2, 0) is 64.3 Å². The van der Waals surface area contributed by atoms with Crippen LogP contribution in [0.2, 0.25) is 0 Å². The lowest BCUT2D eigenvalue weighted by Gasteiger charge is -2.46. The molecule has 2 aliphatic rings. The fourth-order valence-corrected chi connectivity index (χ4v) is 6.92. The van der Waals surface area contributed by atoms with Crippen molar-refractivity contribution in [1.29, 1.82) is 0 Å². The molecule has 2 saturated heterocycles. The molecule has 53 heavy (non-hydrogen) atoms. The lowest BCUT2D eigenvalue weighted by Crippen LogP contribution is -2.62. The van der Waals surface area contributed by atoms with E-state index in [-0.39, 0.29) is 25.4 Å². The van der Waals surface area contributed by atoms with Crippen LogP contribution in [0.3, 0.4) is 0 Å². The number of rotatable bonds is 19. The molecule has 2 aliphatic heterocycles. The highest BCUT2D eigenvalue weighted by molar-refractivity contribution is 5.16. The molecule has 9 heteroatoms. The molecule has 0 amide bonds. The van der Waals surface area contributed by atoms with Gasteiger partial charge in [-0.25, -0.2) is 0 Å². The molecule has 0 radical (unpaired) electrons. The molecule has 5 unspecified atom stereocenters. The van der Waals surface area contributed by atoms with Gasteiger partial charge in [0.05, 0.1) is 51.8 Å². The second-order valence-electron chi connectivity index (χ2n) is 14.3. The molecule has 284 valence electrons. The minimum atomic E-state index is -0.854. The van der Waals surface area contributed by atoms with Gasteiger partial charge in [-0.05, 0) is 42.5 Å². The van der Waals surface area contributed by atoms with E-state index in [0.29, 0.717) is 26.4 Å². The predicted octanol–water partition coefficient (Wildman–Crippen LogP) is 7.35. The van der Waals surface area contributed by atoms with E-state index in [2.05, 4.69) is 6.92 Å². The number of hydrogen-bond donors (Lipinski definition) is 1. The summed E-state index contributed by atoms with van der Waals surface area (Å²) in [5.41, 5.74) is 11.0. The Bertz CT molecular complexity index is 1600. The highest BCUT2D eigenvalue weighted by atomic mass is 16.8. The van der Waals surface area contributed by atoms with Crippen molar-refractivity contribution in [2.45, 2.75) is 115 Å². The molecule has 2 fully saturated rings. The van der Waals surface area contributed by atoms with Crippen molar-refractivity contribution in [3.8, 4) is 0 Å². The molecule has 6 rings (SSSR count). The van der Waals surface area contributed by atoms with Gasteiger partial charge in [-0.1, -0.05) is 135 Å². The van der Waals surface area contributed by atoms with E-state index in [4.69, 9.17) is 43.6 Å². The van der Waals surface area contributed by atoms with Crippen LogP contribution in [0.1, 0.15) is 55.9 Å². The van der Waals surface area contributed by atoms with Crippen LogP contribution in [0, 0.1) is 0 Å². The molecule has 0 spiro atoms. The molecule has 0 aliphatic carbocycles. The van der Waals surface area contributed by atoms with Crippen LogP contribution in [0.15, 0.2) is 121 Å². The Balaban J connectivity index is 1.28. The van der Waals surface area contributed by atoms with Gasteiger partial charge in [-0.2, -0.15) is 0 Å². The third kappa shape index (κ3) is 11.5. The van der Waals surface area contributed by atoms with E-state index in [1.165, 1.54) is 0 Å². The summed E-state index contributed by atoms with van der Waals surface area (Å²) in [5.74, 6) is -0.730. The fraction of sp³-hybridized carbons (Fsp3) is 0.455. The van der Waals surface area contributed by atoms with E-state index < -0.39 is 42.5 Å². The maximum atomic E-state index is 6.84. The van der Waals surface area contributed by atoms with Crippen LogP contribution < -0.4 is 5.73 Å². The second kappa shape index (κ2) is 19.7. The average molecular weight is 726 g/mol. The Labute approximate surface area is 314 Å². The van der Waals surface area contributed by atoms with Crippen molar-refractivity contribution < 1.29 is 37.9 Å². The van der Waals surface area contributed by atoms with Crippen molar-refractivity contribution in [1.82, 2.24) is 0 Å². The summed E-state index contributed by atoms with van der Waals surface area (Å²) in [6.45, 7) is 7.79. The zero-order valence-corrected chi connectivity index (χ0v) is 31.2. The Morgan fingerprint density at radius 1 is 0.585 bits per heavy atom. The van der Waals surface area contributed by atoms with Gasteiger partial charge in [-0.15, -0.1) is 0 Å². The summed E-state index contributed by atoms with van der Waals surface area (Å²) in [6, 6.07) is 39.8. The summed E-state index contributed by atoms with van der Waals surface area (Å²) in [7, 11) is 0. The molecule has 0 bridgehead atoms. The molecular formula is C44H55NO8. The first kappa shape index (κ1) is 39.2. The Morgan fingerprint density at radius 2 is 1.06 bits per heavy atom. The molecule has 4 aromatic rings. The number of nitrogens with two attached hydrogens (primary N) is 1. The van der Waals surface area contributed by atoms with E-state index in [9.17, 15) is 0 Å². The van der Waals surface area contributed by atoms with Crippen LogP contribution in [0.25, 0.3) is 0 Å². The van der Waals surface area contributed by atoms with Crippen LogP contribution in [0.4, 0.5) is 0 Å². The predicted molar refractivity (Wildman–Crippen MR) is 202 cm³/mol. The average Bonchev–Trinajstić information content (AvgIpc) is 3.50. The first-order chi connectivity index (χ1) is 25.9. The van der Waals surface area contributed by atoms with Gasteiger partial charge < -0.3 is 43.6 Å². The van der Waals surface area contributed by atoms with Crippen LogP contribution in [0.5, 0.6) is 0 Å². The smallest absolute Gasteiger partial charge is 0.187 e. The molecule has 8 atom stereocenters. The molecule has 2 heterocycles. The van der Waals surface area contributed by atoms with Gasteiger partial charge in [0.25, 0.3) is 0 Å². The molecule has 0 aromatic heterocycles. The topological polar surface area (TPSA) is 99.9 Å². The van der Waals surface area contributed by atoms with Gasteiger partial charge in [-0.3, -0.25) is 0 Å². The molecular weight excluding hydrogens is 670 g/mol. The summed E-state index contributed by atoms with van der Waals surface area (Å²) >= 11 is 0. The lowest BCUT2D eigenvalue weighted by molar-refractivity contribution is -0.329. The van der Waals surface area contributed by atoms with Crippen molar-refractivity contribution in [3.05, 3.63) is 144 Å². The van der Waals surface area contributed by atoms with Crippen molar-refractivity contribution in [3.63, 3.8) is 0 Å². The first-order valence-corrected chi connectivity index (χ1v) is 18.8. The van der Waals surface area contributed by atoms with Crippen molar-refractivity contribution in [2.75, 3.05) is 13.2 Å². The van der Waals surface area contributed by atoms with E-state index >= 15 is 0 Å². The standard InChI is InChI=1S/C44H55NO8/c1-4-17-37-39(53-44(2,3)52-37)36(45)30-50-43-42(49-29-35-24-15-8-16-25-35)41(48-28-34-22-13-7-14-23-34)40(47-27-33-20-11-6-12-21-33)38(51-43)31-46-26-32-18-9-5-10-19-32/h5-16,18-25,36-43H,4,17,26-31,45H2,1-3H3/t36-,37+,38?,39-,40?,41?,42?,43?/m0/s1. The third-order valence-corrected chi connectivity index (χ3v) is 9.51. The first-order valence-electron chi connectivity index (χ1n) is 18.8. The van der Waals surface area contributed by atoms with Gasteiger partial charge in [0, 0.05) is 0 Å². The fourth-order valence-electron chi connectivity index (χ4n) is 6.92. The van der Waals surface area contributed by atoms with Gasteiger partial charge in [0.15, 0.2) is 12.1 Å². The Kier molecular flexibility index (Phi) is 14.6.